The summed E-state index contributed by atoms with van der Waals surface area (Å²) >= 11 is 0. The van der Waals surface area contributed by atoms with E-state index in [-0.39, 0.29) is 24.3 Å². The van der Waals surface area contributed by atoms with Gasteiger partial charge in [-0.25, -0.2) is 4.79 Å². The smallest absolute Gasteiger partial charge is 0.338 e. The molecule has 3 rings (SSSR count). The highest BCUT2D eigenvalue weighted by Crippen LogP contribution is 2.30. The normalized spacial score (nSPS) is 12.9. The lowest BCUT2D eigenvalue weighted by molar-refractivity contribution is -0.133. The minimum absolute atomic E-state index is 0.0123. The molecule has 0 unspecified atom stereocenters. The SMILES string of the molecule is CCc1ccc(CN(C)C(=O)COC(=O)c2ccc(NC(=O)C3CC3)cc2)cc1. The Balaban J connectivity index is 1.45. The maximum atomic E-state index is 12.3. The molecule has 1 aliphatic rings. The van der Waals surface area contributed by atoms with Gasteiger partial charge in [0.1, 0.15) is 0 Å². The minimum Gasteiger partial charge on any atom is -0.452 e. The molecule has 0 aliphatic heterocycles. The third-order valence-corrected chi connectivity index (χ3v) is 4.94. The first-order chi connectivity index (χ1) is 14.0. The van der Waals surface area contributed by atoms with E-state index in [4.69, 9.17) is 4.74 Å². The maximum Gasteiger partial charge on any atom is 0.338 e. The molecule has 6 heteroatoms. The molecule has 29 heavy (non-hydrogen) atoms. The summed E-state index contributed by atoms with van der Waals surface area (Å²) in [5.41, 5.74) is 3.24. The first kappa shape index (κ1) is 20.6. The Morgan fingerprint density at radius 1 is 1.00 bits per heavy atom. The van der Waals surface area contributed by atoms with Crippen molar-refractivity contribution in [3.05, 3.63) is 65.2 Å². The van der Waals surface area contributed by atoms with E-state index in [2.05, 4.69) is 12.2 Å². The van der Waals surface area contributed by atoms with Crippen molar-refractivity contribution in [3.63, 3.8) is 0 Å². The van der Waals surface area contributed by atoms with Crippen LogP contribution < -0.4 is 5.32 Å². The summed E-state index contributed by atoms with van der Waals surface area (Å²) in [5, 5.41) is 2.81. The molecule has 152 valence electrons. The summed E-state index contributed by atoms with van der Waals surface area (Å²) in [7, 11) is 1.68. The summed E-state index contributed by atoms with van der Waals surface area (Å²) in [6.07, 6.45) is 2.84. The van der Waals surface area contributed by atoms with Gasteiger partial charge in [0.25, 0.3) is 5.91 Å². The first-order valence-corrected chi connectivity index (χ1v) is 9.86. The molecule has 0 saturated heterocycles. The maximum absolute atomic E-state index is 12.3. The van der Waals surface area contributed by atoms with Crippen molar-refractivity contribution in [2.75, 3.05) is 19.0 Å². The predicted octanol–water partition coefficient (Wildman–Crippen LogP) is 3.41. The van der Waals surface area contributed by atoms with Crippen LogP contribution in [-0.4, -0.2) is 36.3 Å². The summed E-state index contributed by atoms with van der Waals surface area (Å²) in [6, 6.07) is 14.6. The van der Waals surface area contributed by atoms with Gasteiger partial charge in [0.15, 0.2) is 6.61 Å². The van der Waals surface area contributed by atoms with E-state index >= 15 is 0 Å². The molecule has 1 saturated carbocycles. The fraction of sp³-hybridized carbons (Fsp3) is 0.348. The van der Waals surface area contributed by atoms with Gasteiger partial charge in [-0.3, -0.25) is 9.59 Å². The predicted molar refractivity (Wildman–Crippen MR) is 110 cm³/mol. The molecule has 2 aromatic rings. The molecule has 2 aromatic carbocycles. The van der Waals surface area contributed by atoms with E-state index in [9.17, 15) is 14.4 Å². The second-order valence-corrected chi connectivity index (χ2v) is 7.34. The second-order valence-electron chi connectivity index (χ2n) is 7.34. The Hall–Kier alpha value is -3.15. The number of carbonyl (C=O) groups is 3. The highest BCUT2D eigenvalue weighted by atomic mass is 16.5. The van der Waals surface area contributed by atoms with Crippen molar-refractivity contribution in [1.29, 1.82) is 0 Å². The van der Waals surface area contributed by atoms with Gasteiger partial charge in [-0.1, -0.05) is 31.2 Å². The molecule has 0 aromatic heterocycles. The van der Waals surface area contributed by atoms with Gasteiger partial charge in [0, 0.05) is 25.2 Å². The van der Waals surface area contributed by atoms with E-state index in [1.807, 2.05) is 24.3 Å². The number of hydrogen-bond acceptors (Lipinski definition) is 4. The third kappa shape index (κ3) is 5.91. The number of rotatable bonds is 8. The molecule has 0 spiro atoms. The summed E-state index contributed by atoms with van der Waals surface area (Å²) in [5.74, 6) is -0.712. The van der Waals surface area contributed by atoms with Crippen LogP contribution in [0.5, 0.6) is 0 Å². The van der Waals surface area contributed by atoms with Gasteiger partial charge in [-0.2, -0.15) is 0 Å². The van der Waals surface area contributed by atoms with Crippen LogP contribution >= 0.6 is 0 Å². The topological polar surface area (TPSA) is 75.7 Å². The molecule has 0 radical (unpaired) electrons. The summed E-state index contributed by atoms with van der Waals surface area (Å²) < 4.78 is 5.14. The lowest BCUT2D eigenvalue weighted by Gasteiger charge is -2.17. The van der Waals surface area contributed by atoms with Crippen LogP contribution in [0.2, 0.25) is 0 Å². The lowest BCUT2D eigenvalue weighted by atomic mass is 10.1. The first-order valence-electron chi connectivity index (χ1n) is 9.86. The molecule has 6 nitrogen and oxygen atoms in total. The van der Waals surface area contributed by atoms with Gasteiger partial charge < -0.3 is 15.0 Å². The Labute approximate surface area is 170 Å². The number of amides is 2. The molecule has 1 N–H and O–H groups in total. The number of nitrogens with one attached hydrogen (secondary N) is 1. The van der Waals surface area contributed by atoms with E-state index in [1.165, 1.54) is 10.5 Å². The Morgan fingerprint density at radius 3 is 2.21 bits per heavy atom. The number of esters is 1. The largest absolute Gasteiger partial charge is 0.452 e. The van der Waals surface area contributed by atoms with Crippen molar-refractivity contribution < 1.29 is 19.1 Å². The zero-order valence-electron chi connectivity index (χ0n) is 16.8. The van der Waals surface area contributed by atoms with Crippen LogP contribution in [0.3, 0.4) is 0 Å². The van der Waals surface area contributed by atoms with Crippen LogP contribution in [0.15, 0.2) is 48.5 Å². The fourth-order valence-electron chi connectivity index (χ4n) is 2.84. The van der Waals surface area contributed by atoms with Crippen molar-refractivity contribution in [2.45, 2.75) is 32.7 Å². The molecule has 1 fully saturated rings. The third-order valence-electron chi connectivity index (χ3n) is 4.94. The number of likely N-dealkylation sites (N-methyl/N-ethyl adjacent to an activating group) is 1. The molecular formula is C23H26N2O4. The molecule has 0 atom stereocenters. The van der Waals surface area contributed by atoms with Crippen LogP contribution in [0.25, 0.3) is 0 Å². The number of aryl methyl sites for hydroxylation is 1. The van der Waals surface area contributed by atoms with E-state index in [0.717, 1.165) is 24.8 Å². The Kier molecular flexibility index (Phi) is 6.65. The van der Waals surface area contributed by atoms with Crippen LogP contribution in [0.1, 0.15) is 41.3 Å². The van der Waals surface area contributed by atoms with Gasteiger partial charge in [-0.15, -0.1) is 0 Å². The van der Waals surface area contributed by atoms with Gasteiger partial charge >= 0.3 is 5.97 Å². The van der Waals surface area contributed by atoms with Crippen molar-refractivity contribution >= 4 is 23.5 Å². The van der Waals surface area contributed by atoms with Crippen molar-refractivity contribution in [2.24, 2.45) is 5.92 Å². The van der Waals surface area contributed by atoms with Crippen molar-refractivity contribution in [1.82, 2.24) is 4.90 Å². The molecule has 0 bridgehead atoms. The van der Waals surface area contributed by atoms with Crippen LogP contribution in [-0.2, 0) is 27.3 Å². The lowest BCUT2D eigenvalue weighted by Crippen LogP contribution is -2.30. The summed E-state index contributed by atoms with van der Waals surface area (Å²) in [4.78, 5) is 37.7. The number of ether oxygens (including phenoxy) is 1. The zero-order chi connectivity index (χ0) is 20.8. The molecular weight excluding hydrogens is 368 g/mol. The Morgan fingerprint density at radius 2 is 1.62 bits per heavy atom. The minimum atomic E-state index is -0.570. The number of nitrogens with zero attached hydrogens (tertiary/aromatic N) is 1. The summed E-state index contributed by atoms with van der Waals surface area (Å²) in [6.45, 7) is 2.23. The highest BCUT2D eigenvalue weighted by molar-refractivity contribution is 5.95. The number of anilines is 1. The Bertz CT molecular complexity index is 871. The van der Waals surface area contributed by atoms with E-state index in [0.29, 0.717) is 17.8 Å². The van der Waals surface area contributed by atoms with Crippen LogP contribution in [0.4, 0.5) is 5.69 Å². The fourth-order valence-corrected chi connectivity index (χ4v) is 2.84. The van der Waals surface area contributed by atoms with Gasteiger partial charge in [-0.05, 0) is 54.7 Å². The monoisotopic (exact) mass is 394 g/mol. The van der Waals surface area contributed by atoms with Crippen molar-refractivity contribution in [3.8, 4) is 0 Å². The van der Waals surface area contributed by atoms with E-state index < -0.39 is 5.97 Å². The van der Waals surface area contributed by atoms with E-state index in [1.54, 1.807) is 31.3 Å². The quantitative estimate of drug-likeness (QED) is 0.696. The van der Waals surface area contributed by atoms with Gasteiger partial charge in [0.2, 0.25) is 5.91 Å². The molecule has 2 amide bonds. The number of benzene rings is 2. The average Bonchev–Trinajstić information content (AvgIpc) is 3.58. The van der Waals surface area contributed by atoms with Crippen LogP contribution in [0, 0.1) is 5.92 Å². The van der Waals surface area contributed by atoms with Gasteiger partial charge in [0.05, 0.1) is 5.56 Å². The molecule has 1 aliphatic carbocycles. The average molecular weight is 394 g/mol. The standard InChI is InChI=1S/C23H26N2O4/c1-3-16-4-6-17(7-5-16)14-25(2)21(26)15-29-23(28)19-10-12-20(13-11-19)24-22(27)18-8-9-18/h4-7,10-13,18H,3,8-9,14-15H2,1-2H3,(H,24,27). The highest BCUT2D eigenvalue weighted by Gasteiger charge is 2.29. The number of carbonyl (C=O) groups excluding carboxylic acids is 3. The second kappa shape index (κ2) is 9.37. The zero-order valence-corrected chi connectivity index (χ0v) is 16.8. The number of hydrogen-bond donors (Lipinski definition) is 1. The molecule has 0 heterocycles.